The summed E-state index contributed by atoms with van der Waals surface area (Å²) < 4.78 is 1.66. The number of carbonyl (C=O) groups is 1. The molecule has 0 bridgehead atoms. The Hall–Kier alpha value is -1.06. The zero-order valence-electron chi connectivity index (χ0n) is 8.40. The highest BCUT2D eigenvalue weighted by Gasteiger charge is 2.25. The van der Waals surface area contributed by atoms with Gasteiger partial charge in [0.25, 0.3) is 0 Å². The summed E-state index contributed by atoms with van der Waals surface area (Å²) in [5.41, 5.74) is 2.61. The molecule has 0 saturated carbocycles. The van der Waals surface area contributed by atoms with Crippen molar-refractivity contribution >= 4 is 17.7 Å². The quantitative estimate of drug-likeness (QED) is 0.786. The fourth-order valence-corrected chi connectivity index (χ4v) is 2.30. The number of benzene rings is 1. The molecule has 0 spiro atoms. The molecule has 0 saturated heterocycles. The van der Waals surface area contributed by atoms with Crippen LogP contribution in [0, 0.1) is 0 Å². The van der Waals surface area contributed by atoms with Gasteiger partial charge in [-0.15, -0.1) is 0 Å². The van der Waals surface area contributed by atoms with Gasteiger partial charge in [-0.2, -0.15) is 0 Å². The van der Waals surface area contributed by atoms with E-state index in [1.165, 1.54) is 0 Å². The first kappa shape index (κ1) is 10.5. The monoisotopic (exact) mass is 225 g/mol. The summed E-state index contributed by atoms with van der Waals surface area (Å²) in [5.74, 6) is -0.875. The first-order chi connectivity index (χ1) is 7.09. The molecule has 0 aromatic heterocycles. The highest BCUT2D eigenvalue weighted by Crippen LogP contribution is 2.36. The van der Waals surface area contributed by atoms with E-state index < -0.39 is 5.97 Å². The van der Waals surface area contributed by atoms with E-state index in [0.29, 0.717) is 5.56 Å². The summed E-state index contributed by atoms with van der Waals surface area (Å²) in [6.45, 7) is 0. The van der Waals surface area contributed by atoms with Crippen LogP contribution < -0.4 is 0 Å². The van der Waals surface area contributed by atoms with Gasteiger partial charge in [-0.25, -0.2) is 9.21 Å². The number of hydrogen-bond donors (Lipinski definition) is 1. The lowest BCUT2D eigenvalue weighted by atomic mass is 10.0. The van der Waals surface area contributed by atoms with Crippen LogP contribution >= 0.6 is 11.8 Å². The SMILES string of the molecule is CN(Cl)[C@H]1CCc2cc(C(=O)O)ccc21. The average Bonchev–Trinajstić information content (AvgIpc) is 2.59. The van der Waals surface area contributed by atoms with Crippen molar-refractivity contribution < 1.29 is 9.90 Å². The Balaban J connectivity index is 2.37. The van der Waals surface area contributed by atoms with E-state index in [2.05, 4.69) is 0 Å². The molecule has 1 aromatic carbocycles. The molecule has 0 heterocycles. The minimum Gasteiger partial charge on any atom is -0.478 e. The maximum atomic E-state index is 10.8. The molecule has 3 nitrogen and oxygen atoms in total. The number of carboxylic acid groups (broad SMARTS) is 1. The van der Waals surface area contributed by atoms with Crippen LogP contribution in [0.2, 0.25) is 0 Å². The number of aryl methyl sites for hydroxylation is 1. The highest BCUT2D eigenvalue weighted by molar-refractivity contribution is 6.13. The van der Waals surface area contributed by atoms with E-state index in [9.17, 15) is 4.79 Å². The molecule has 0 unspecified atom stereocenters. The van der Waals surface area contributed by atoms with Gasteiger partial charge in [0, 0.05) is 7.05 Å². The van der Waals surface area contributed by atoms with Crippen molar-refractivity contribution in [3.8, 4) is 0 Å². The molecular formula is C11H12ClNO2. The molecule has 4 heteroatoms. The Morgan fingerprint density at radius 1 is 1.60 bits per heavy atom. The number of aromatic carboxylic acids is 1. The Labute approximate surface area is 93.4 Å². The van der Waals surface area contributed by atoms with Gasteiger partial charge >= 0.3 is 5.97 Å². The first-order valence-corrected chi connectivity index (χ1v) is 5.18. The molecule has 0 aliphatic heterocycles. The van der Waals surface area contributed by atoms with Crippen LogP contribution in [0.3, 0.4) is 0 Å². The Kier molecular flexibility index (Phi) is 2.67. The lowest BCUT2D eigenvalue weighted by molar-refractivity contribution is 0.0697. The van der Waals surface area contributed by atoms with Crippen LogP contribution in [0.5, 0.6) is 0 Å². The number of hydrogen-bond acceptors (Lipinski definition) is 2. The number of fused-ring (bicyclic) bond motifs is 1. The fraction of sp³-hybridized carbons (Fsp3) is 0.364. The predicted molar refractivity (Wildman–Crippen MR) is 58.1 cm³/mol. The van der Waals surface area contributed by atoms with Crippen molar-refractivity contribution in [3.63, 3.8) is 0 Å². The van der Waals surface area contributed by atoms with E-state index in [4.69, 9.17) is 16.9 Å². The second-order valence-electron chi connectivity index (χ2n) is 3.80. The Morgan fingerprint density at radius 2 is 2.33 bits per heavy atom. The van der Waals surface area contributed by atoms with Crippen LogP contribution in [0.15, 0.2) is 18.2 Å². The highest BCUT2D eigenvalue weighted by atomic mass is 35.5. The van der Waals surface area contributed by atoms with Crippen LogP contribution in [0.1, 0.15) is 33.9 Å². The molecule has 2 rings (SSSR count). The molecule has 1 N–H and O–H groups in total. The zero-order valence-corrected chi connectivity index (χ0v) is 9.16. The molecule has 1 aliphatic rings. The van der Waals surface area contributed by atoms with Crippen molar-refractivity contribution in [2.75, 3.05) is 7.05 Å². The first-order valence-electron chi connectivity index (χ1n) is 4.84. The third-order valence-electron chi connectivity index (χ3n) is 2.87. The fourth-order valence-electron chi connectivity index (χ4n) is 2.10. The molecule has 0 radical (unpaired) electrons. The summed E-state index contributed by atoms with van der Waals surface area (Å²) in [5, 5.41) is 8.85. The van der Waals surface area contributed by atoms with Crippen LogP contribution in [-0.4, -0.2) is 22.5 Å². The minimum atomic E-state index is -0.875. The van der Waals surface area contributed by atoms with E-state index in [1.807, 2.05) is 13.1 Å². The van der Waals surface area contributed by atoms with Gasteiger partial charge in [0.15, 0.2) is 0 Å². The molecule has 0 amide bonds. The minimum absolute atomic E-state index is 0.213. The van der Waals surface area contributed by atoms with Gasteiger partial charge in [0.1, 0.15) is 0 Å². The molecule has 1 aliphatic carbocycles. The van der Waals surface area contributed by atoms with Gasteiger partial charge in [-0.3, -0.25) is 0 Å². The lowest BCUT2D eigenvalue weighted by Gasteiger charge is -2.17. The third kappa shape index (κ3) is 1.85. The van der Waals surface area contributed by atoms with Crippen LogP contribution in [0.25, 0.3) is 0 Å². The second-order valence-corrected chi connectivity index (χ2v) is 4.33. The number of carboxylic acids is 1. The molecule has 0 fully saturated rings. The number of rotatable bonds is 2. The smallest absolute Gasteiger partial charge is 0.335 e. The maximum Gasteiger partial charge on any atom is 0.335 e. The summed E-state index contributed by atoms with van der Waals surface area (Å²) in [7, 11) is 1.83. The van der Waals surface area contributed by atoms with E-state index in [0.717, 1.165) is 24.0 Å². The van der Waals surface area contributed by atoms with Crippen LogP contribution in [-0.2, 0) is 6.42 Å². The summed E-state index contributed by atoms with van der Waals surface area (Å²) in [6.07, 6.45) is 1.86. The van der Waals surface area contributed by atoms with E-state index in [1.54, 1.807) is 16.6 Å². The van der Waals surface area contributed by atoms with Gasteiger partial charge < -0.3 is 5.11 Å². The van der Waals surface area contributed by atoms with E-state index >= 15 is 0 Å². The lowest BCUT2D eigenvalue weighted by Crippen LogP contribution is -2.11. The Bertz CT molecular complexity index is 404. The summed E-state index contributed by atoms with van der Waals surface area (Å²) in [6, 6.07) is 5.47. The second kappa shape index (κ2) is 3.83. The largest absolute Gasteiger partial charge is 0.478 e. The van der Waals surface area contributed by atoms with Crippen molar-refractivity contribution in [2.24, 2.45) is 0 Å². The van der Waals surface area contributed by atoms with Gasteiger partial charge in [-0.05, 0) is 47.9 Å². The van der Waals surface area contributed by atoms with Crippen molar-refractivity contribution in [1.82, 2.24) is 4.42 Å². The molecule has 80 valence electrons. The topological polar surface area (TPSA) is 40.5 Å². The van der Waals surface area contributed by atoms with Crippen molar-refractivity contribution in [1.29, 1.82) is 0 Å². The maximum absolute atomic E-state index is 10.8. The van der Waals surface area contributed by atoms with Crippen LogP contribution in [0.4, 0.5) is 0 Å². The molecule has 15 heavy (non-hydrogen) atoms. The zero-order chi connectivity index (χ0) is 11.0. The predicted octanol–water partition coefficient (Wildman–Crippen LogP) is 2.46. The van der Waals surface area contributed by atoms with E-state index in [-0.39, 0.29) is 6.04 Å². The summed E-state index contributed by atoms with van der Waals surface area (Å²) in [4.78, 5) is 10.8. The summed E-state index contributed by atoms with van der Waals surface area (Å²) >= 11 is 5.93. The van der Waals surface area contributed by atoms with Gasteiger partial charge in [0.2, 0.25) is 0 Å². The standard InChI is InChI=1S/C11H12ClNO2/c1-13(12)10-5-3-7-6-8(11(14)15)2-4-9(7)10/h2,4,6,10H,3,5H2,1H3,(H,14,15)/t10-/m0/s1. The van der Waals surface area contributed by atoms with Gasteiger partial charge in [-0.1, -0.05) is 6.07 Å². The van der Waals surface area contributed by atoms with Crippen molar-refractivity contribution in [2.45, 2.75) is 18.9 Å². The Morgan fingerprint density at radius 3 is 2.93 bits per heavy atom. The average molecular weight is 226 g/mol. The third-order valence-corrected chi connectivity index (χ3v) is 3.10. The molecular weight excluding hydrogens is 214 g/mol. The van der Waals surface area contributed by atoms with Crippen molar-refractivity contribution in [3.05, 3.63) is 34.9 Å². The number of nitrogens with zero attached hydrogens (tertiary/aromatic N) is 1. The number of halogens is 1. The van der Waals surface area contributed by atoms with Gasteiger partial charge in [0.05, 0.1) is 11.6 Å². The molecule has 1 atom stereocenters. The molecule has 1 aromatic rings. The normalized spacial score (nSPS) is 19.3.